The van der Waals surface area contributed by atoms with Crippen molar-refractivity contribution in [3.63, 3.8) is 0 Å². The summed E-state index contributed by atoms with van der Waals surface area (Å²) < 4.78 is 0. The molecule has 0 aromatic rings. The van der Waals surface area contributed by atoms with E-state index in [1.54, 1.807) is 0 Å². The van der Waals surface area contributed by atoms with Gasteiger partial charge in [-0.15, -0.1) is 11.6 Å². The first-order valence-electron chi connectivity index (χ1n) is 6.90. The molecule has 0 aromatic heterocycles. The molecule has 4 fully saturated rings. The maximum atomic E-state index is 10.7. The van der Waals surface area contributed by atoms with Crippen molar-refractivity contribution >= 4 is 17.6 Å². The molecule has 0 heterocycles. The van der Waals surface area contributed by atoms with E-state index in [0.29, 0.717) is 5.41 Å². The smallest absolute Gasteiger partial charge is 0.304 e. The molecule has 2 nitrogen and oxygen atoms in total. The molecule has 0 aromatic carbocycles. The molecule has 0 spiro atoms. The van der Waals surface area contributed by atoms with E-state index in [1.165, 1.54) is 38.5 Å². The number of rotatable bonds is 4. The van der Waals surface area contributed by atoms with Crippen molar-refractivity contribution in [1.82, 2.24) is 0 Å². The van der Waals surface area contributed by atoms with Crippen LogP contribution in [0.2, 0.25) is 0 Å². The first-order chi connectivity index (χ1) is 8.05. The van der Waals surface area contributed by atoms with Crippen LogP contribution in [-0.4, -0.2) is 16.5 Å². The summed E-state index contributed by atoms with van der Waals surface area (Å²) in [7, 11) is 0. The summed E-state index contributed by atoms with van der Waals surface area (Å²) in [6.45, 7) is 0. The van der Waals surface area contributed by atoms with Crippen LogP contribution in [0.15, 0.2) is 0 Å². The number of alkyl halides is 1. The predicted octanol–water partition coefficient (Wildman–Crippen LogP) is 3.68. The van der Waals surface area contributed by atoms with Crippen LogP contribution in [0.5, 0.6) is 0 Å². The van der Waals surface area contributed by atoms with E-state index in [4.69, 9.17) is 16.7 Å². The van der Waals surface area contributed by atoms with Gasteiger partial charge in [-0.25, -0.2) is 0 Å². The van der Waals surface area contributed by atoms with Gasteiger partial charge in [0.25, 0.3) is 0 Å². The van der Waals surface area contributed by atoms with E-state index in [9.17, 15) is 4.79 Å². The van der Waals surface area contributed by atoms with Gasteiger partial charge in [0.15, 0.2) is 0 Å². The molecular formula is C14H21ClO2. The van der Waals surface area contributed by atoms with Crippen molar-refractivity contribution in [2.24, 2.45) is 23.2 Å². The Morgan fingerprint density at radius 3 is 2.06 bits per heavy atom. The van der Waals surface area contributed by atoms with Crippen molar-refractivity contribution in [3.8, 4) is 0 Å². The molecule has 3 heteroatoms. The van der Waals surface area contributed by atoms with Crippen LogP contribution in [-0.2, 0) is 4.79 Å². The molecule has 4 aliphatic carbocycles. The SMILES string of the molecule is O=C(O)CC(Cl)CC12CC3CC(CC(C3)C1)C2. The molecule has 1 atom stereocenters. The van der Waals surface area contributed by atoms with Crippen molar-refractivity contribution in [2.45, 2.75) is 56.7 Å². The van der Waals surface area contributed by atoms with Crippen molar-refractivity contribution in [3.05, 3.63) is 0 Å². The van der Waals surface area contributed by atoms with Crippen LogP contribution >= 0.6 is 11.6 Å². The van der Waals surface area contributed by atoms with Gasteiger partial charge in [-0.2, -0.15) is 0 Å². The normalized spacial score (nSPS) is 44.9. The number of hydrogen-bond donors (Lipinski definition) is 1. The van der Waals surface area contributed by atoms with E-state index in [0.717, 1.165) is 24.2 Å². The Balaban J connectivity index is 1.67. The minimum Gasteiger partial charge on any atom is -0.481 e. The van der Waals surface area contributed by atoms with E-state index in [-0.39, 0.29) is 11.8 Å². The Morgan fingerprint density at radius 2 is 1.65 bits per heavy atom. The lowest BCUT2D eigenvalue weighted by molar-refractivity contribution is -0.137. The zero-order valence-corrected chi connectivity index (χ0v) is 11.0. The molecule has 1 unspecified atom stereocenters. The quantitative estimate of drug-likeness (QED) is 0.780. The summed E-state index contributed by atoms with van der Waals surface area (Å²) in [5, 5.41) is 8.65. The van der Waals surface area contributed by atoms with Gasteiger partial charge < -0.3 is 5.11 Å². The lowest BCUT2D eigenvalue weighted by Crippen LogP contribution is -2.47. The lowest BCUT2D eigenvalue weighted by Gasteiger charge is -2.57. The van der Waals surface area contributed by atoms with E-state index >= 15 is 0 Å². The van der Waals surface area contributed by atoms with Gasteiger partial charge in [0, 0.05) is 5.38 Å². The second-order valence-electron chi connectivity index (χ2n) is 6.82. The fourth-order valence-electron chi connectivity index (χ4n) is 5.27. The summed E-state index contributed by atoms with van der Waals surface area (Å²) in [5.74, 6) is 2.02. The molecular weight excluding hydrogens is 236 g/mol. The van der Waals surface area contributed by atoms with Crippen LogP contribution in [0.25, 0.3) is 0 Å². The summed E-state index contributed by atoms with van der Waals surface area (Å²) in [6, 6.07) is 0. The molecule has 0 saturated heterocycles. The van der Waals surface area contributed by atoms with E-state index in [1.807, 2.05) is 0 Å². The monoisotopic (exact) mass is 256 g/mol. The maximum absolute atomic E-state index is 10.7. The summed E-state index contributed by atoms with van der Waals surface area (Å²) in [4.78, 5) is 10.7. The molecule has 4 saturated carbocycles. The summed E-state index contributed by atoms with van der Waals surface area (Å²) in [6.07, 6.45) is 9.33. The van der Waals surface area contributed by atoms with Crippen LogP contribution in [0.4, 0.5) is 0 Å². The summed E-state index contributed by atoms with van der Waals surface area (Å²) in [5.41, 5.74) is 0.413. The highest BCUT2D eigenvalue weighted by Crippen LogP contribution is 2.61. The highest BCUT2D eigenvalue weighted by molar-refractivity contribution is 6.21. The molecule has 96 valence electrons. The Kier molecular flexibility index (Phi) is 2.89. The van der Waals surface area contributed by atoms with Gasteiger partial charge in [0.2, 0.25) is 0 Å². The Morgan fingerprint density at radius 1 is 1.18 bits per heavy atom. The number of carboxylic acids is 1. The van der Waals surface area contributed by atoms with Gasteiger partial charge in [0.1, 0.15) is 0 Å². The minimum atomic E-state index is -0.755. The first-order valence-corrected chi connectivity index (χ1v) is 7.34. The van der Waals surface area contributed by atoms with E-state index in [2.05, 4.69) is 0 Å². The van der Waals surface area contributed by atoms with Crippen LogP contribution < -0.4 is 0 Å². The van der Waals surface area contributed by atoms with Crippen LogP contribution in [0.1, 0.15) is 51.4 Å². The molecule has 4 bridgehead atoms. The molecule has 17 heavy (non-hydrogen) atoms. The number of carboxylic acid groups (broad SMARTS) is 1. The Hall–Kier alpha value is -0.240. The van der Waals surface area contributed by atoms with Gasteiger partial charge >= 0.3 is 5.97 Å². The topological polar surface area (TPSA) is 37.3 Å². The van der Waals surface area contributed by atoms with Crippen LogP contribution in [0.3, 0.4) is 0 Å². The van der Waals surface area contributed by atoms with Gasteiger partial charge in [-0.3, -0.25) is 4.79 Å². The zero-order chi connectivity index (χ0) is 12.0. The number of carbonyl (C=O) groups is 1. The molecule has 0 radical (unpaired) electrons. The predicted molar refractivity (Wildman–Crippen MR) is 67.1 cm³/mol. The number of aliphatic carboxylic acids is 1. The van der Waals surface area contributed by atoms with Crippen LogP contribution in [0, 0.1) is 23.2 Å². The number of halogens is 1. The Labute approximate surface area is 108 Å². The second kappa shape index (κ2) is 4.15. The molecule has 0 amide bonds. The molecule has 1 N–H and O–H groups in total. The average molecular weight is 257 g/mol. The minimum absolute atomic E-state index is 0.128. The average Bonchev–Trinajstić information content (AvgIpc) is 2.11. The second-order valence-corrected chi connectivity index (χ2v) is 7.43. The molecule has 0 aliphatic heterocycles. The summed E-state index contributed by atoms with van der Waals surface area (Å²) >= 11 is 6.23. The molecule has 4 aliphatic rings. The zero-order valence-electron chi connectivity index (χ0n) is 10.2. The molecule has 4 rings (SSSR count). The van der Waals surface area contributed by atoms with Gasteiger partial charge in [-0.1, -0.05) is 0 Å². The van der Waals surface area contributed by atoms with E-state index < -0.39 is 5.97 Å². The van der Waals surface area contributed by atoms with Crippen molar-refractivity contribution in [2.75, 3.05) is 0 Å². The third-order valence-corrected chi connectivity index (χ3v) is 5.52. The highest BCUT2D eigenvalue weighted by Gasteiger charge is 2.51. The largest absolute Gasteiger partial charge is 0.481 e. The van der Waals surface area contributed by atoms with Crippen molar-refractivity contribution in [1.29, 1.82) is 0 Å². The standard InChI is InChI=1S/C14H21ClO2/c15-12(4-13(16)17)8-14-5-9-1-10(6-14)3-11(2-9)7-14/h9-12H,1-8H2,(H,16,17). The third-order valence-electron chi connectivity index (χ3n) is 5.22. The third kappa shape index (κ3) is 2.33. The fourth-order valence-corrected chi connectivity index (χ4v) is 5.73. The van der Waals surface area contributed by atoms with Gasteiger partial charge in [0.05, 0.1) is 6.42 Å². The van der Waals surface area contributed by atoms with Crippen molar-refractivity contribution < 1.29 is 9.90 Å². The highest BCUT2D eigenvalue weighted by atomic mass is 35.5. The Bertz CT molecular complexity index is 291. The van der Waals surface area contributed by atoms with Gasteiger partial charge in [-0.05, 0) is 68.1 Å². The maximum Gasteiger partial charge on any atom is 0.304 e. The fraction of sp³-hybridized carbons (Fsp3) is 0.929. The lowest BCUT2D eigenvalue weighted by atomic mass is 9.48. The first kappa shape index (κ1) is 11.8. The number of hydrogen-bond acceptors (Lipinski definition) is 1.